The lowest BCUT2D eigenvalue weighted by molar-refractivity contribution is -0.116. The molecule has 1 heterocycles. The fourth-order valence-corrected chi connectivity index (χ4v) is 4.31. The van der Waals surface area contributed by atoms with Gasteiger partial charge in [0.2, 0.25) is 16.8 Å². The van der Waals surface area contributed by atoms with Gasteiger partial charge in [0.25, 0.3) is 0 Å². The Balaban J connectivity index is 1.84. The minimum absolute atomic E-state index is 0.0635. The summed E-state index contributed by atoms with van der Waals surface area (Å²) >= 11 is 0. The van der Waals surface area contributed by atoms with Gasteiger partial charge in [-0.25, -0.2) is 22.7 Å². The van der Waals surface area contributed by atoms with Crippen LogP contribution in [-0.4, -0.2) is 38.5 Å². The summed E-state index contributed by atoms with van der Waals surface area (Å²) in [6.07, 6.45) is 1.05. The second-order valence-electron chi connectivity index (χ2n) is 8.01. The largest absolute Gasteiger partial charge is 0.497 e. The van der Waals surface area contributed by atoms with Crippen molar-refractivity contribution in [3.8, 4) is 11.5 Å². The first-order valence-electron chi connectivity index (χ1n) is 11.5. The molecule has 0 spiro atoms. The zero-order valence-corrected chi connectivity index (χ0v) is 21.5. The molecule has 0 unspecified atom stereocenters. The number of nitrogens with zero attached hydrogens (tertiary/aromatic N) is 3. The van der Waals surface area contributed by atoms with Crippen LogP contribution in [0.4, 0.5) is 28.7 Å². The molecule has 10 nitrogen and oxygen atoms in total. The Morgan fingerprint density at radius 3 is 2.19 bits per heavy atom. The first-order valence-corrected chi connectivity index (χ1v) is 12.7. The van der Waals surface area contributed by atoms with Gasteiger partial charge in [-0.15, -0.1) is 0 Å². The van der Waals surface area contributed by atoms with Gasteiger partial charge in [0, 0.05) is 36.0 Å². The van der Waals surface area contributed by atoms with E-state index in [-0.39, 0.29) is 17.5 Å². The molecule has 0 fully saturated rings. The lowest BCUT2D eigenvalue weighted by Crippen LogP contribution is -2.19. The van der Waals surface area contributed by atoms with E-state index in [4.69, 9.17) is 9.47 Å². The summed E-state index contributed by atoms with van der Waals surface area (Å²) in [6.45, 7) is 1.91. The summed E-state index contributed by atoms with van der Waals surface area (Å²) in [5.41, 5.74) is 2.41. The SMILES string of the molecule is CCCC(=O)Nc1cccc(N(c2nc3ccccc3nc2Nc2cc(OC)cc(OC)c2)[SH](=O)=O)c1. The average Bonchev–Trinajstić information content (AvgIpc) is 2.89. The number of thiol groups is 1. The van der Waals surface area contributed by atoms with Gasteiger partial charge < -0.3 is 20.1 Å². The van der Waals surface area contributed by atoms with E-state index < -0.39 is 10.9 Å². The molecule has 1 amide bonds. The van der Waals surface area contributed by atoms with Gasteiger partial charge in [0.05, 0.1) is 30.9 Å². The molecule has 3 aromatic carbocycles. The van der Waals surface area contributed by atoms with Crippen LogP contribution >= 0.6 is 0 Å². The first kappa shape index (κ1) is 25.7. The van der Waals surface area contributed by atoms with Crippen molar-refractivity contribution >= 4 is 56.5 Å². The van der Waals surface area contributed by atoms with Crippen molar-refractivity contribution in [3.63, 3.8) is 0 Å². The van der Waals surface area contributed by atoms with Crippen LogP contribution in [0.3, 0.4) is 0 Å². The van der Waals surface area contributed by atoms with E-state index in [0.717, 1.165) is 4.31 Å². The number of para-hydroxylation sites is 2. The van der Waals surface area contributed by atoms with Crippen LogP contribution in [-0.2, 0) is 15.7 Å². The predicted molar refractivity (Wildman–Crippen MR) is 145 cm³/mol. The number of benzene rings is 3. The number of hydrogen-bond acceptors (Lipinski definition) is 8. The van der Waals surface area contributed by atoms with Gasteiger partial charge in [0.1, 0.15) is 11.5 Å². The van der Waals surface area contributed by atoms with E-state index in [1.54, 1.807) is 60.7 Å². The van der Waals surface area contributed by atoms with Gasteiger partial charge in [0.15, 0.2) is 11.6 Å². The van der Waals surface area contributed by atoms with E-state index in [1.165, 1.54) is 14.2 Å². The summed E-state index contributed by atoms with van der Waals surface area (Å²) in [7, 11) is -0.117. The van der Waals surface area contributed by atoms with E-state index >= 15 is 0 Å². The van der Waals surface area contributed by atoms with Crippen LogP contribution in [0.25, 0.3) is 11.0 Å². The van der Waals surface area contributed by atoms with E-state index in [2.05, 4.69) is 20.6 Å². The van der Waals surface area contributed by atoms with Crippen molar-refractivity contribution in [1.29, 1.82) is 0 Å². The zero-order valence-electron chi connectivity index (χ0n) is 20.6. The van der Waals surface area contributed by atoms with Crippen molar-refractivity contribution in [2.75, 3.05) is 29.2 Å². The predicted octanol–water partition coefficient (Wildman–Crippen LogP) is 4.79. The number of carbonyl (C=O) groups excluding carboxylic acids is 1. The monoisotopic (exact) mass is 521 g/mol. The van der Waals surface area contributed by atoms with Crippen LogP contribution in [0, 0.1) is 0 Å². The lowest BCUT2D eigenvalue weighted by Gasteiger charge is -2.21. The molecule has 0 radical (unpaired) electrons. The molecule has 1 aromatic heterocycles. The van der Waals surface area contributed by atoms with Crippen molar-refractivity contribution < 1.29 is 22.7 Å². The number of ether oxygens (including phenoxy) is 2. The second-order valence-corrected chi connectivity index (χ2v) is 8.88. The Bertz CT molecular complexity index is 1480. The molecule has 37 heavy (non-hydrogen) atoms. The summed E-state index contributed by atoms with van der Waals surface area (Å²) < 4.78 is 37.0. The summed E-state index contributed by atoms with van der Waals surface area (Å²) in [5.74, 6) is 1.19. The highest BCUT2D eigenvalue weighted by Gasteiger charge is 2.21. The van der Waals surface area contributed by atoms with Crippen molar-refractivity contribution in [1.82, 2.24) is 9.97 Å². The summed E-state index contributed by atoms with van der Waals surface area (Å²) in [5, 5.41) is 5.97. The Kier molecular flexibility index (Phi) is 8.04. The molecule has 11 heteroatoms. The van der Waals surface area contributed by atoms with Gasteiger partial charge in [-0.1, -0.05) is 25.1 Å². The van der Waals surface area contributed by atoms with Crippen LogP contribution in [0.1, 0.15) is 19.8 Å². The third kappa shape index (κ3) is 6.07. The van der Waals surface area contributed by atoms with Crippen molar-refractivity contribution in [2.24, 2.45) is 0 Å². The molecule has 0 aliphatic rings. The third-order valence-electron chi connectivity index (χ3n) is 5.38. The van der Waals surface area contributed by atoms with Crippen LogP contribution in [0.15, 0.2) is 66.7 Å². The minimum atomic E-state index is -3.19. The molecule has 0 aliphatic heterocycles. The smallest absolute Gasteiger partial charge is 0.230 e. The molecule has 0 saturated carbocycles. The molecule has 0 saturated heterocycles. The van der Waals surface area contributed by atoms with E-state index in [1.807, 2.05) is 13.0 Å². The molecule has 0 aliphatic carbocycles. The van der Waals surface area contributed by atoms with Gasteiger partial charge in [-0.3, -0.25) is 4.79 Å². The van der Waals surface area contributed by atoms with Crippen molar-refractivity contribution in [2.45, 2.75) is 19.8 Å². The number of methoxy groups -OCH3 is 2. The number of anilines is 5. The fraction of sp³-hybridized carbons (Fsp3) is 0.192. The average molecular weight is 522 g/mol. The molecule has 0 atom stereocenters. The highest BCUT2D eigenvalue weighted by Crippen LogP contribution is 2.35. The number of hydrogen-bond donors (Lipinski definition) is 3. The van der Waals surface area contributed by atoms with Crippen LogP contribution in [0.5, 0.6) is 11.5 Å². The van der Waals surface area contributed by atoms with Crippen LogP contribution in [0.2, 0.25) is 0 Å². The minimum Gasteiger partial charge on any atom is -0.497 e. The standard InChI is InChI=1S/C26H27N5O5S/c1-4-8-24(32)27-17-9-7-10-19(13-17)31(37(33)34)26-25(29-22-11-5-6-12-23(22)30-26)28-18-14-20(35-2)16-21(15-18)36-3/h5-7,9-16,37H,4,8H2,1-3H3,(H,27,32)(H,28,29). The number of rotatable bonds is 10. The molecule has 192 valence electrons. The maximum absolute atomic E-state index is 12.6. The molecule has 4 rings (SSSR count). The zero-order chi connectivity index (χ0) is 26.4. The van der Waals surface area contributed by atoms with Crippen LogP contribution < -0.4 is 24.4 Å². The quantitative estimate of drug-likeness (QED) is 0.255. The molecular formula is C26H27N5O5S. The van der Waals surface area contributed by atoms with Gasteiger partial charge in [-0.05, 0) is 36.8 Å². The highest BCUT2D eigenvalue weighted by molar-refractivity contribution is 7.74. The second kappa shape index (κ2) is 11.6. The maximum Gasteiger partial charge on any atom is 0.230 e. The van der Waals surface area contributed by atoms with E-state index in [9.17, 15) is 13.2 Å². The molecule has 0 bridgehead atoms. The molecule has 2 N–H and O–H groups in total. The number of amides is 1. The Hall–Kier alpha value is -4.38. The molecule has 4 aromatic rings. The maximum atomic E-state index is 12.6. The number of fused-ring (bicyclic) bond motifs is 1. The normalized spacial score (nSPS) is 10.8. The first-order chi connectivity index (χ1) is 17.9. The Morgan fingerprint density at radius 1 is 0.892 bits per heavy atom. The van der Waals surface area contributed by atoms with Crippen molar-refractivity contribution in [3.05, 3.63) is 66.7 Å². The topological polar surface area (TPSA) is 123 Å². The van der Waals surface area contributed by atoms with Gasteiger partial charge in [-0.2, -0.15) is 0 Å². The van der Waals surface area contributed by atoms with E-state index in [0.29, 0.717) is 52.4 Å². The summed E-state index contributed by atoms with van der Waals surface area (Å²) in [4.78, 5) is 21.4. The van der Waals surface area contributed by atoms with Gasteiger partial charge >= 0.3 is 0 Å². The third-order valence-corrected chi connectivity index (χ3v) is 6.13. The fourth-order valence-electron chi connectivity index (χ4n) is 3.70. The molecular weight excluding hydrogens is 494 g/mol. The number of carbonyl (C=O) groups is 1. The Labute approximate surface area is 216 Å². The summed E-state index contributed by atoms with van der Waals surface area (Å²) in [6, 6.07) is 18.9. The highest BCUT2D eigenvalue weighted by atomic mass is 32.2. The number of aromatic nitrogens is 2. The lowest BCUT2D eigenvalue weighted by atomic mass is 10.2. The Morgan fingerprint density at radius 2 is 1.57 bits per heavy atom. The number of nitrogens with one attached hydrogen (secondary N) is 2.